The maximum Gasteiger partial charge on any atom is 0.236 e. The predicted octanol–water partition coefficient (Wildman–Crippen LogP) is 1.95. The van der Waals surface area contributed by atoms with Crippen molar-refractivity contribution in [1.29, 1.82) is 0 Å². The molecule has 0 spiro atoms. The summed E-state index contributed by atoms with van der Waals surface area (Å²) in [6.45, 7) is 4.79. The highest BCUT2D eigenvalue weighted by molar-refractivity contribution is 5.81. The molecule has 0 bridgehead atoms. The number of amides is 1. The first-order valence-corrected chi connectivity index (χ1v) is 7.17. The van der Waals surface area contributed by atoms with Gasteiger partial charge in [-0.25, -0.2) is 0 Å². The van der Waals surface area contributed by atoms with Gasteiger partial charge in [0.15, 0.2) is 0 Å². The smallest absolute Gasteiger partial charge is 0.236 e. The first kappa shape index (κ1) is 17.3. The summed E-state index contributed by atoms with van der Waals surface area (Å²) in [6, 6.07) is 5.50. The Hall–Kier alpha value is -1.75. The molecule has 1 aromatic carbocycles. The lowest BCUT2D eigenvalue weighted by atomic mass is 10.0. The number of benzene rings is 1. The summed E-state index contributed by atoms with van der Waals surface area (Å²) in [5, 5.41) is 6.00. The van der Waals surface area contributed by atoms with E-state index in [2.05, 4.69) is 24.5 Å². The van der Waals surface area contributed by atoms with Crippen LogP contribution in [0, 0.1) is 5.92 Å². The lowest BCUT2D eigenvalue weighted by molar-refractivity contribution is -0.123. The van der Waals surface area contributed by atoms with E-state index in [4.69, 9.17) is 9.47 Å². The molecule has 1 unspecified atom stereocenters. The van der Waals surface area contributed by atoms with Crippen molar-refractivity contribution in [3.63, 3.8) is 0 Å². The minimum absolute atomic E-state index is 0.0126. The zero-order valence-corrected chi connectivity index (χ0v) is 13.5. The third-order valence-corrected chi connectivity index (χ3v) is 3.23. The summed E-state index contributed by atoms with van der Waals surface area (Å²) >= 11 is 0. The van der Waals surface area contributed by atoms with Crippen molar-refractivity contribution < 1.29 is 14.3 Å². The summed E-state index contributed by atoms with van der Waals surface area (Å²) < 4.78 is 10.5. The highest BCUT2D eigenvalue weighted by atomic mass is 16.5. The van der Waals surface area contributed by atoms with Crippen molar-refractivity contribution in [2.75, 3.05) is 21.3 Å². The van der Waals surface area contributed by atoms with Crippen LogP contribution in [0.5, 0.6) is 11.5 Å². The summed E-state index contributed by atoms with van der Waals surface area (Å²) in [4.78, 5) is 11.9. The van der Waals surface area contributed by atoms with Gasteiger partial charge in [-0.3, -0.25) is 4.79 Å². The van der Waals surface area contributed by atoms with E-state index >= 15 is 0 Å². The molecule has 0 aliphatic heterocycles. The SMILES string of the molecule is CNC(=O)C(CC(C)C)NCc1cc(OC)cc(OC)c1. The Bertz CT molecular complexity index is 439. The molecule has 0 fully saturated rings. The van der Waals surface area contributed by atoms with E-state index < -0.39 is 0 Å². The second-order valence-electron chi connectivity index (χ2n) is 5.40. The molecule has 1 atom stereocenters. The van der Waals surface area contributed by atoms with Crippen LogP contribution in [0.3, 0.4) is 0 Å². The average Bonchev–Trinajstić information content (AvgIpc) is 2.49. The molecule has 0 aliphatic carbocycles. The molecule has 1 rings (SSSR count). The number of likely N-dealkylation sites (N-methyl/N-ethyl adjacent to an activating group) is 1. The van der Waals surface area contributed by atoms with Crippen LogP contribution in [-0.2, 0) is 11.3 Å². The Labute approximate surface area is 127 Å². The van der Waals surface area contributed by atoms with Crippen LogP contribution in [0.1, 0.15) is 25.8 Å². The third-order valence-electron chi connectivity index (χ3n) is 3.23. The molecule has 0 heterocycles. The Balaban J connectivity index is 2.76. The van der Waals surface area contributed by atoms with E-state index in [1.54, 1.807) is 21.3 Å². The summed E-state index contributed by atoms with van der Waals surface area (Å²) in [7, 11) is 4.90. The molecule has 5 nitrogen and oxygen atoms in total. The van der Waals surface area contributed by atoms with Gasteiger partial charge in [0.2, 0.25) is 5.91 Å². The largest absolute Gasteiger partial charge is 0.497 e. The van der Waals surface area contributed by atoms with Crippen LogP contribution in [-0.4, -0.2) is 33.2 Å². The first-order valence-electron chi connectivity index (χ1n) is 7.17. The number of methoxy groups -OCH3 is 2. The molecular formula is C16H26N2O3. The van der Waals surface area contributed by atoms with Gasteiger partial charge in [-0.2, -0.15) is 0 Å². The standard InChI is InChI=1S/C16H26N2O3/c1-11(2)6-15(16(19)17-3)18-10-12-7-13(20-4)9-14(8-12)21-5/h7-9,11,15,18H,6,10H2,1-5H3,(H,17,19). The number of carbonyl (C=O) groups is 1. The van der Waals surface area contributed by atoms with Crippen molar-refractivity contribution in [1.82, 2.24) is 10.6 Å². The monoisotopic (exact) mass is 294 g/mol. The lowest BCUT2D eigenvalue weighted by Gasteiger charge is -2.19. The normalized spacial score (nSPS) is 12.1. The van der Waals surface area contributed by atoms with Crippen molar-refractivity contribution in [2.24, 2.45) is 5.92 Å². The minimum Gasteiger partial charge on any atom is -0.497 e. The van der Waals surface area contributed by atoms with Gasteiger partial charge in [-0.1, -0.05) is 13.8 Å². The molecule has 21 heavy (non-hydrogen) atoms. The molecule has 2 N–H and O–H groups in total. The Morgan fingerprint density at radius 3 is 2.14 bits per heavy atom. The number of hydrogen-bond donors (Lipinski definition) is 2. The second-order valence-corrected chi connectivity index (χ2v) is 5.40. The average molecular weight is 294 g/mol. The fraction of sp³-hybridized carbons (Fsp3) is 0.562. The predicted molar refractivity (Wildman–Crippen MR) is 83.7 cm³/mol. The van der Waals surface area contributed by atoms with Gasteiger partial charge in [-0.15, -0.1) is 0 Å². The van der Waals surface area contributed by atoms with Gasteiger partial charge < -0.3 is 20.1 Å². The van der Waals surface area contributed by atoms with Crippen LogP contribution < -0.4 is 20.1 Å². The first-order chi connectivity index (χ1) is 9.99. The Morgan fingerprint density at radius 2 is 1.71 bits per heavy atom. The number of rotatable bonds is 8. The number of hydrogen-bond acceptors (Lipinski definition) is 4. The molecule has 0 aromatic heterocycles. The van der Waals surface area contributed by atoms with Gasteiger partial charge in [0, 0.05) is 19.7 Å². The van der Waals surface area contributed by atoms with Gasteiger partial charge in [-0.05, 0) is 30.0 Å². The van der Waals surface area contributed by atoms with Gasteiger partial charge in [0.1, 0.15) is 11.5 Å². The van der Waals surface area contributed by atoms with Crippen molar-refractivity contribution in [2.45, 2.75) is 32.9 Å². The van der Waals surface area contributed by atoms with E-state index in [0.717, 1.165) is 23.5 Å². The molecule has 0 saturated carbocycles. The number of carbonyl (C=O) groups excluding carboxylic acids is 1. The van der Waals surface area contributed by atoms with E-state index in [0.29, 0.717) is 12.5 Å². The summed E-state index contributed by atoms with van der Waals surface area (Å²) in [6.07, 6.45) is 0.792. The third kappa shape index (κ3) is 5.63. The summed E-state index contributed by atoms with van der Waals surface area (Å²) in [5.74, 6) is 1.94. The maximum atomic E-state index is 11.9. The number of ether oxygens (including phenoxy) is 2. The van der Waals surface area contributed by atoms with E-state index in [1.165, 1.54) is 0 Å². The molecule has 1 amide bonds. The highest BCUT2D eigenvalue weighted by Gasteiger charge is 2.18. The van der Waals surface area contributed by atoms with E-state index in [1.807, 2.05) is 18.2 Å². The van der Waals surface area contributed by atoms with Crippen LogP contribution in [0.2, 0.25) is 0 Å². The van der Waals surface area contributed by atoms with Crippen LogP contribution >= 0.6 is 0 Å². The fourth-order valence-electron chi connectivity index (χ4n) is 2.14. The van der Waals surface area contributed by atoms with Crippen molar-refractivity contribution in [3.05, 3.63) is 23.8 Å². The fourth-order valence-corrected chi connectivity index (χ4v) is 2.14. The molecule has 0 saturated heterocycles. The van der Waals surface area contributed by atoms with Crippen molar-refractivity contribution >= 4 is 5.91 Å². The van der Waals surface area contributed by atoms with Crippen LogP contribution in [0.25, 0.3) is 0 Å². The highest BCUT2D eigenvalue weighted by Crippen LogP contribution is 2.22. The van der Waals surface area contributed by atoms with Gasteiger partial charge >= 0.3 is 0 Å². The van der Waals surface area contributed by atoms with Crippen molar-refractivity contribution in [3.8, 4) is 11.5 Å². The van der Waals surface area contributed by atoms with Crippen LogP contribution in [0.15, 0.2) is 18.2 Å². The maximum absolute atomic E-state index is 11.9. The van der Waals surface area contributed by atoms with Crippen LogP contribution in [0.4, 0.5) is 0 Å². The van der Waals surface area contributed by atoms with E-state index in [9.17, 15) is 4.79 Å². The molecule has 0 radical (unpaired) electrons. The van der Waals surface area contributed by atoms with E-state index in [-0.39, 0.29) is 11.9 Å². The zero-order valence-electron chi connectivity index (χ0n) is 13.5. The zero-order chi connectivity index (χ0) is 15.8. The number of nitrogens with one attached hydrogen (secondary N) is 2. The molecule has 0 aliphatic rings. The van der Waals surface area contributed by atoms with Gasteiger partial charge in [0.25, 0.3) is 0 Å². The molecule has 1 aromatic rings. The minimum atomic E-state index is -0.202. The molecular weight excluding hydrogens is 268 g/mol. The second kappa shape index (κ2) is 8.52. The molecule has 118 valence electrons. The Kier molecular flexibility index (Phi) is 7.02. The molecule has 5 heteroatoms. The summed E-state index contributed by atoms with van der Waals surface area (Å²) in [5.41, 5.74) is 1.02. The lowest BCUT2D eigenvalue weighted by Crippen LogP contribution is -2.43. The topological polar surface area (TPSA) is 59.6 Å². The quantitative estimate of drug-likeness (QED) is 0.769. The van der Waals surface area contributed by atoms with Gasteiger partial charge in [0.05, 0.1) is 20.3 Å². The Morgan fingerprint density at radius 1 is 1.14 bits per heavy atom.